The SMILES string of the molecule is Cc1nn(C(C)C)c(C)c1NC(=O)NC[C@@H](c1cccs1)N(C)C. The van der Waals surface area contributed by atoms with E-state index in [-0.39, 0.29) is 18.1 Å². The summed E-state index contributed by atoms with van der Waals surface area (Å²) < 4.78 is 1.93. The minimum atomic E-state index is -0.201. The summed E-state index contributed by atoms with van der Waals surface area (Å²) in [6.07, 6.45) is 0. The van der Waals surface area contributed by atoms with Crippen molar-refractivity contribution in [2.24, 2.45) is 0 Å². The molecular weight excluding hydrogens is 322 g/mol. The van der Waals surface area contributed by atoms with E-state index in [2.05, 4.69) is 45.9 Å². The summed E-state index contributed by atoms with van der Waals surface area (Å²) in [4.78, 5) is 15.7. The van der Waals surface area contributed by atoms with Crippen LogP contribution in [0.15, 0.2) is 17.5 Å². The lowest BCUT2D eigenvalue weighted by Gasteiger charge is -2.23. The Morgan fingerprint density at radius 3 is 2.58 bits per heavy atom. The Labute approximate surface area is 147 Å². The lowest BCUT2D eigenvalue weighted by atomic mass is 10.2. The van der Waals surface area contributed by atoms with Gasteiger partial charge in [0.05, 0.1) is 23.1 Å². The summed E-state index contributed by atoms with van der Waals surface area (Å²) in [5, 5.41) is 12.5. The molecule has 132 valence electrons. The first-order valence-electron chi connectivity index (χ1n) is 8.11. The predicted octanol–water partition coefficient (Wildman–Crippen LogP) is 3.57. The number of amides is 2. The number of hydrogen-bond acceptors (Lipinski definition) is 4. The van der Waals surface area contributed by atoms with Crippen LogP contribution in [-0.2, 0) is 0 Å². The Hall–Kier alpha value is -1.86. The topological polar surface area (TPSA) is 62.2 Å². The van der Waals surface area contributed by atoms with E-state index in [1.54, 1.807) is 11.3 Å². The minimum absolute atomic E-state index is 0.163. The Kier molecular flexibility index (Phi) is 6.01. The highest BCUT2D eigenvalue weighted by Crippen LogP contribution is 2.24. The zero-order valence-corrected chi connectivity index (χ0v) is 16.1. The lowest BCUT2D eigenvalue weighted by Crippen LogP contribution is -2.36. The standard InChI is InChI=1S/C17H27N5OS/c1-11(2)22-13(4)16(12(3)20-22)19-17(23)18-10-14(21(5)6)15-8-7-9-24-15/h7-9,11,14H,10H2,1-6H3,(H2,18,19,23)/t14-/m0/s1. The van der Waals surface area contributed by atoms with Crippen molar-refractivity contribution in [1.29, 1.82) is 0 Å². The van der Waals surface area contributed by atoms with Gasteiger partial charge in [-0.25, -0.2) is 4.79 Å². The molecule has 2 amide bonds. The third-order valence-electron chi connectivity index (χ3n) is 4.00. The van der Waals surface area contributed by atoms with Gasteiger partial charge in [0.25, 0.3) is 0 Å². The number of hydrogen-bond donors (Lipinski definition) is 2. The number of aryl methyl sites for hydroxylation is 1. The zero-order valence-electron chi connectivity index (χ0n) is 15.3. The number of likely N-dealkylation sites (N-methyl/N-ethyl adjacent to an activating group) is 1. The summed E-state index contributed by atoms with van der Waals surface area (Å²) in [6, 6.07) is 4.35. The molecule has 7 heteroatoms. The second kappa shape index (κ2) is 7.81. The van der Waals surface area contributed by atoms with Crippen LogP contribution in [0.4, 0.5) is 10.5 Å². The molecule has 2 aromatic heterocycles. The Balaban J connectivity index is 2.01. The van der Waals surface area contributed by atoms with Crippen molar-refractivity contribution in [1.82, 2.24) is 20.0 Å². The summed E-state index contributed by atoms with van der Waals surface area (Å²) in [5.41, 5.74) is 2.59. The fraction of sp³-hybridized carbons (Fsp3) is 0.529. The Bertz CT molecular complexity index is 675. The summed E-state index contributed by atoms with van der Waals surface area (Å²) in [7, 11) is 4.04. The van der Waals surface area contributed by atoms with Crippen LogP contribution < -0.4 is 10.6 Å². The average Bonchev–Trinajstić information content (AvgIpc) is 3.11. The molecular formula is C17H27N5OS. The molecule has 24 heavy (non-hydrogen) atoms. The number of thiophene rings is 1. The van der Waals surface area contributed by atoms with E-state index >= 15 is 0 Å². The zero-order chi connectivity index (χ0) is 17.9. The van der Waals surface area contributed by atoms with E-state index in [9.17, 15) is 4.79 Å². The van der Waals surface area contributed by atoms with Gasteiger partial charge in [0.1, 0.15) is 0 Å². The molecule has 2 aromatic rings. The van der Waals surface area contributed by atoms with E-state index in [4.69, 9.17) is 0 Å². The second-order valence-corrected chi connectivity index (χ2v) is 7.39. The van der Waals surface area contributed by atoms with Gasteiger partial charge >= 0.3 is 6.03 Å². The largest absolute Gasteiger partial charge is 0.336 e. The Morgan fingerprint density at radius 1 is 1.38 bits per heavy atom. The maximum atomic E-state index is 12.3. The molecule has 0 spiro atoms. The number of carbonyl (C=O) groups excluding carboxylic acids is 1. The van der Waals surface area contributed by atoms with Crippen molar-refractivity contribution in [3.05, 3.63) is 33.8 Å². The number of carbonyl (C=O) groups is 1. The van der Waals surface area contributed by atoms with Crippen molar-refractivity contribution >= 4 is 23.1 Å². The van der Waals surface area contributed by atoms with Crippen LogP contribution in [0.3, 0.4) is 0 Å². The molecule has 0 fully saturated rings. The van der Waals surface area contributed by atoms with Crippen molar-refractivity contribution in [2.75, 3.05) is 26.0 Å². The molecule has 2 heterocycles. The van der Waals surface area contributed by atoms with Crippen LogP contribution in [0.25, 0.3) is 0 Å². The van der Waals surface area contributed by atoms with Crippen LogP contribution in [0, 0.1) is 13.8 Å². The minimum Gasteiger partial charge on any atom is -0.336 e. The number of nitrogens with one attached hydrogen (secondary N) is 2. The summed E-state index contributed by atoms with van der Waals surface area (Å²) in [5.74, 6) is 0. The quantitative estimate of drug-likeness (QED) is 0.838. The molecule has 0 aliphatic rings. The van der Waals surface area contributed by atoms with Gasteiger partial charge in [0.15, 0.2) is 0 Å². The fourth-order valence-electron chi connectivity index (χ4n) is 2.71. The van der Waals surface area contributed by atoms with Gasteiger partial charge < -0.3 is 15.5 Å². The van der Waals surface area contributed by atoms with Gasteiger partial charge in [-0.1, -0.05) is 6.07 Å². The molecule has 0 unspecified atom stereocenters. The van der Waals surface area contributed by atoms with Gasteiger partial charge in [-0.3, -0.25) is 4.68 Å². The first-order chi connectivity index (χ1) is 11.3. The second-order valence-electron chi connectivity index (χ2n) is 6.41. The van der Waals surface area contributed by atoms with Crippen LogP contribution in [-0.4, -0.2) is 41.4 Å². The van der Waals surface area contributed by atoms with Gasteiger partial charge in [0, 0.05) is 17.5 Å². The number of anilines is 1. The molecule has 0 aromatic carbocycles. The highest BCUT2D eigenvalue weighted by Gasteiger charge is 2.18. The van der Waals surface area contributed by atoms with Gasteiger partial charge in [-0.15, -0.1) is 11.3 Å². The van der Waals surface area contributed by atoms with Crippen LogP contribution in [0.1, 0.15) is 42.2 Å². The maximum absolute atomic E-state index is 12.3. The van der Waals surface area contributed by atoms with E-state index in [1.165, 1.54) is 4.88 Å². The molecule has 2 rings (SSSR count). The first-order valence-corrected chi connectivity index (χ1v) is 8.99. The number of aromatic nitrogens is 2. The highest BCUT2D eigenvalue weighted by atomic mass is 32.1. The molecule has 0 saturated heterocycles. The lowest BCUT2D eigenvalue weighted by molar-refractivity contribution is 0.244. The maximum Gasteiger partial charge on any atom is 0.319 e. The van der Waals surface area contributed by atoms with Gasteiger partial charge in [-0.05, 0) is 53.2 Å². The average molecular weight is 350 g/mol. The first kappa shape index (κ1) is 18.5. The summed E-state index contributed by atoms with van der Waals surface area (Å²) >= 11 is 1.70. The number of nitrogens with zero attached hydrogens (tertiary/aromatic N) is 3. The third kappa shape index (κ3) is 4.15. The summed E-state index contributed by atoms with van der Waals surface area (Å²) in [6.45, 7) is 8.59. The van der Waals surface area contributed by atoms with E-state index in [0.29, 0.717) is 6.54 Å². The predicted molar refractivity (Wildman–Crippen MR) is 99.9 cm³/mol. The highest BCUT2D eigenvalue weighted by molar-refractivity contribution is 7.10. The van der Waals surface area contributed by atoms with Crippen LogP contribution in [0.2, 0.25) is 0 Å². The molecule has 6 nitrogen and oxygen atoms in total. The van der Waals surface area contributed by atoms with E-state index in [0.717, 1.165) is 17.1 Å². The van der Waals surface area contributed by atoms with Crippen molar-refractivity contribution in [3.63, 3.8) is 0 Å². The van der Waals surface area contributed by atoms with Gasteiger partial charge in [-0.2, -0.15) is 5.10 Å². The Morgan fingerprint density at radius 2 is 2.08 bits per heavy atom. The van der Waals surface area contributed by atoms with E-state index in [1.807, 2.05) is 38.7 Å². The molecule has 0 aliphatic carbocycles. The molecule has 0 saturated carbocycles. The molecule has 0 bridgehead atoms. The smallest absolute Gasteiger partial charge is 0.319 e. The molecule has 0 aliphatic heterocycles. The van der Waals surface area contributed by atoms with Crippen molar-refractivity contribution in [2.45, 2.75) is 39.8 Å². The van der Waals surface area contributed by atoms with Crippen molar-refractivity contribution < 1.29 is 4.79 Å². The molecule has 2 N–H and O–H groups in total. The van der Waals surface area contributed by atoms with Crippen LogP contribution in [0.5, 0.6) is 0 Å². The number of urea groups is 1. The van der Waals surface area contributed by atoms with Crippen molar-refractivity contribution in [3.8, 4) is 0 Å². The van der Waals surface area contributed by atoms with Crippen LogP contribution >= 0.6 is 11.3 Å². The third-order valence-corrected chi connectivity index (χ3v) is 4.98. The van der Waals surface area contributed by atoms with Gasteiger partial charge in [0.2, 0.25) is 0 Å². The molecule has 0 radical (unpaired) electrons. The number of rotatable bonds is 6. The fourth-order valence-corrected chi connectivity index (χ4v) is 3.63. The monoisotopic (exact) mass is 349 g/mol. The molecule has 1 atom stereocenters. The normalized spacial score (nSPS) is 12.7. The van der Waals surface area contributed by atoms with E-state index < -0.39 is 0 Å².